The Kier molecular flexibility index (Phi) is 3.34. The van der Waals surface area contributed by atoms with E-state index in [-0.39, 0.29) is 11.8 Å². The van der Waals surface area contributed by atoms with E-state index in [1.807, 2.05) is 19.1 Å². The Morgan fingerprint density at radius 3 is 2.90 bits per heavy atom. The van der Waals surface area contributed by atoms with E-state index >= 15 is 0 Å². The van der Waals surface area contributed by atoms with Gasteiger partial charge in [0, 0.05) is 4.88 Å². The summed E-state index contributed by atoms with van der Waals surface area (Å²) in [4.78, 5) is 13.4. The van der Waals surface area contributed by atoms with Crippen molar-refractivity contribution in [1.82, 2.24) is 0 Å². The maximum absolute atomic E-state index is 14.0. The van der Waals surface area contributed by atoms with Gasteiger partial charge in [0.2, 0.25) is 0 Å². The summed E-state index contributed by atoms with van der Waals surface area (Å²) in [5, 5.41) is 0. The second kappa shape index (κ2) is 5.02. The van der Waals surface area contributed by atoms with E-state index in [9.17, 15) is 9.18 Å². The van der Waals surface area contributed by atoms with Crippen LogP contribution in [0.4, 0.5) is 4.39 Å². The fourth-order valence-corrected chi connectivity index (χ4v) is 3.78. The van der Waals surface area contributed by atoms with E-state index in [4.69, 9.17) is 4.74 Å². The van der Waals surface area contributed by atoms with E-state index < -0.39 is 0 Å². The van der Waals surface area contributed by atoms with Gasteiger partial charge in [-0.3, -0.25) is 0 Å². The van der Waals surface area contributed by atoms with Crippen molar-refractivity contribution in [3.8, 4) is 10.4 Å². The van der Waals surface area contributed by atoms with Gasteiger partial charge in [0.05, 0.1) is 6.61 Å². The van der Waals surface area contributed by atoms with E-state index in [2.05, 4.69) is 0 Å². The third-order valence-electron chi connectivity index (χ3n) is 3.51. The van der Waals surface area contributed by atoms with Crippen molar-refractivity contribution in [3.63, 3.8) is 0 Å². The van der Waals surface area contributed by atoms with Gasteiger partial charge in [0.15, 0.2) is 0 Å². The number of halogens is 1. The van der Waals surface area contributed by atoms with E-state index in [0.717, 1.165) is 33.6 Å². The minimum Gasteiger partial charge on any atom is -0.462 e. The summed E-state index contributed by atoms with van der Waals surface area (Å²) < 4.78 is 19.1. The molecule has 1 aromatic heterocycles. The van der Waals surface area contributed by atoms with Crippen LogP contribution in [0.3, 0.4) is 0 Å². The second-order valence-electron chi connectivity index (χ2n) is 4.96. The Hall–Kier alpha value is -1.68. The lowest BCUT2D eigenvalue weighted by molar-refractivity contribution is 0.0532. The maximum atomic E-state index is 14.0. The molecule has 0 unspecified atom stereocenters. The van der Waals surface area contributed by atoms with Gasteiger partial charge in [-0.15, -0.1) is 11.3 Å². The second-order valence-corrected chi connectivity index (χ2v) is 6.01. The van der Waals surface area contributed by atoms with Crippen molar-refractivity contribution in [2.75, 3.05) is 6.61 Å². The normalized spacial score (nSPS) is 12.8. The number of thiophene rings is 1. The number of hydrogen-bond acceptors (Lipinski definition) is 3. The molecular weight excluding hydrogens is 275 g/mol. The minimum atomic E-state index is -0.290. The molecule has 3 rings (SSSR count). The summed E-state index contributed by atoms with van der Waals surface area (Å²) in [6.45, 7) is 4.04. The van der Waals surface area contributed by atoms with Gasteiger partial charge in [-0.25, -0.2) is 9.18 Å². The summed E-state index contributed by atoms with van der Waals surface area (Å²) >= 11 is 1.40. The number of rotatable bonds is 2. The first kappa shape index (κ1) is 13.3. The summed E-state index contributed by atoms with van der Waals surface area (Å²) in [6, 6.07) is 5.46. The van der Waals surface area contributed by atoms with Crippen molar-refractivity contribution in [1.29, 1.82) is 0 Å². The summed E-state index contributed by atoms with van der Waals surface area (Å²) in [7, 11) is 0. The molecule has 0 amide bonds. The fourth-order valence-electron chi connectivity index (χ4n) is 2.63. The number of ether oxygens (including phenoxy) is 1. The van der Waals surface area contributed by atoms with Gasteiger partial charge in [0.1, 0.15) is 10.7 Å². The van der Waals surface area contributed by atoms with Crippen LogP contribution in [0, 0.1) is 12.7 Å². The average molecular weight is 290 g/mol. The van der Waals surface area contributed by atoms with Crippen molar-refractivity contribution in [3.05, 3.63) is 45.6 Å². The highest BCUT2D eigenvalue weighted by Gasteiger charge is 2.24. The lowest BCUT2D eigenvalue weighted by Gasteiger charge is -2.17. The molecule has 0 atom stereocenters. The molecule has 1 aromatic carbocycles. The molecule has 1 aliphatic rings. The number of hydrogen-bond donors (Lipinski definition) is 0. The van der Waals surface area contributed by atoms with Gasteiger partial charge in [0.25, 0.3) is 0 Å². The first-order valence-corrected chi connectivity index (χ1v) is 7.51. The van der Waals surface area contributed by atoms with Crippen molar-refractivity contribution >= 4 is 17.3 Å². The molecule has 0 spiro atoms. The zero-order chi connectivity index (χ0) is 14.3. The molecule has 0 N–H and O–H groups in total. The van der Waals surface area contributed by atoms with Gasteiger partial charge >= 0.3 is 5.97 Å². The highest BCUT2D eigenvalue weighted by Crippen LogP contribution is 2.41. The van der Waals surface area contributed by atoms with Gasteiger partial charge in [-0.1, -0.05) is 6.07 Å². The molecule has 20 heavy (non-hydrogen) atoms. The number of fused-ring (bicyclic) bond motifs is 3. The Bertz CT molecular complexity index is 688. The predicted molar refractivity (Wildman–Crippen MR) is 77.8 cm³/mol. The van der Waals surface area contributed by atoms with Gasteiger partial charge in [-0.2, -0.15) is 0 Å². The Balaban J connectivity index is 2.10. The maximum Gasteiger partial charge on any atom is 0.348 e. The summed E-state index contributed by atoms with van der Waals surface area (Å²) in [6.07, 6.45) is 1.46. The molecular formula is C16H15FO2S. The van der Waals surface area contributed by atoms with Crippen LogP contribution in [-0.2, 0) is 17.6 Å². The Morgan fingerprint density at radius 2 is 2.15 bits per heavy atom. The van der Waals surface area contributed by atoms with Crippen LogP contribution in [0.1, 0.15) is 33.3 Å². The van der Waals surface area contributed by atoms with Gasteiger partial charge in [-0.05, 0) is 61.1 Å². The topological polar surface area (TPSA) is 26.3 Å². The summed E-state index contributed by atoms with van der Waals surface area (Å²) in [5.41, 5.74) is 3.72. The molecule has 1 aliphatic carbocycles. The van der Waals surface area contributed by atoms with Crippen LogP contribution in [0.2, 0.25) is 0 Å². The standard InChI is InChI=1S/C16H15FO2S/c1-3-19-16(18)14-8-10-4-5-11-12(15(10)20-14)6-9(2)7-13(11)17/h6-8H,3-5H2,1-2H3. The predicted octanol–water partition coefficient (Wildman–Crippen LogP) is 4.14. The van der Waals surface area contributed by atoms with Crippen molar-refractivity contribution in [2.24, 2.45) is 0 Å². The number of aryl methyl sites for hydroxylation is 2. The molecule has 4 heteroatoms. The van der Waals surface area contributed by atoms with Crippen LogP contribution in [-0.4, -0.2) is 12.6 Å². The Morgan fingerprint density at radius 1 is 1.35 bits per heavy atom. The fraction of sp³-hybridized carbons (Fsp3) is 0.312. The molecule has 2 nitrogen and oxygen atoms in total. The monoisotopic (exact) mass is 290 g/mol. The molecule has 104 valence electrons. The zero-order valence-electron chi connectivity index (χ0n) is 11.5. The highest BCUT2D eigenvalue weighted by atomic mass is 32.1. The zero-order valence-corrected chi connectivity index (χ0v) is 12.3. The van der Waals surface area contributed by atoms with Gasteiger partial charge < -0.3 is 4.74 Å². The lowest BCUT2D eigenvalue weighted by atomic mass is 9.90. The third kappa shape index (κ3) is 2.14. The molecule has 0 bridgehead atoms. The molecule has 0 saturated carbocycles. The quantitative estimate of drug-likeness (QED) is 0.777. The Labute approximate surface area is 121 Å². The van der Waals surface area contributed by atoms with Crippen LogP contribution in [0.15, 0.2) is 18.2 Å². The largest absolute Gasteiger partial charge is 0.462 e. The minimum absolute atomic E-state index is 0.142. The molecule has 0 saturated heterocycles. The molecule has 1 heterocycles. The number of carbonyl (C=O) groups excluding carboxylic acids is 1. The molecule has 2 aromatic rings. The van der Waals surface area contributed by atoms with Crippen LogP contribution in [0.25, 0.3) is 10.4 Å². The molecule has 0 fully saturated rings. The lowest BCUT2D eigenvalue weighted by Crippen LogP contribution is -2.04. The number of benzene rings is 1. The van der Waals surface area contributed by atoms with E-state index in [1.54, 1.807) is 13.0 Å². The van der Waals surface area contributed by atoms with Crippen LogP contribution in [0.5, 0.6) is 0 Å². The average Bonchev–Trinajstić information content (AvgIpc) is 2.83. The third-order valence-corrected chi connectivity index (χ3v) is 4.71. The smallest absolute Gasteiger partial charge is 0.348 e. The van der Waals surface area contributed by atoms with Crippen molar-refractivity contribution < 1.29 is 13.9 Å². The molecule has 0 radical (unpaired) electrons. The van der Waals surface area contributed by atoms with E-state index in [1.165, 1.54) is 11.3 Å². The first-order chi connectivity index (χ1) is 9.60. The van der Waals surface area contributed by atoms with Crippen LogP contribution >= 0.6 is 11.3 Å². The molecule has 0 aliphatic heterocycles. The number of esters is 1. The van der Waals surface area contributed by atoms with Crippen molar-refractivity contribution in [2.45, 2.75) is 26.7 Å². The van der Waals surface area contributed by atoms with Crippen LogP contribution < -0.4 is 0 Å². The SMILES string of the molecule is CCOC(=O)c1cc2c(s1)-c1cc(C)cc(F)c1CC2. The number of carbonyl (C=O) groups is 1. The van der Waals surface area contributed by atoms with E-state index in [0.29, 0.717) is 17.9 Å². The highest BCUT2D eigenvalue weighted by molar-refractivity contribution is 7.17. The summed E-state index contributed by atoms with van der Waals surface area (Å²) in [5.74, 6) is -0.432. The first-order valence-electron chi connectivity index (χ1n) is 6.69.